The first-order chi connectivity index (χ1) is 25.3. The molecule has 0 N–H and O–H groups in total. The summed E-state index contributed by atoms with van der Waals surface area (Å²) >= 11 is 1.88. The van der Waals surface area contributed by atoms with Crippen molar-refractivity contribution < 1.29 is 4.42 Å². The second-order valence-electron chi connectivity index (χ2n) is 13.3. The number of hydrogen-bond acceptors (Lipinski definition) is 3. The predicted octanol–water partition coefficient (Wildman–Crippen LogP) is 14.6. The molecule has 9 aromatic carbocycles. The molecule has 0 radical (unpaired) electrons. The molecule has 0 saturated heterocycles. The van der Waals surface area contributed by atoms with E-state index in [1.54, 1.807) is 0 Å². The highest BCUT2D eigenvalue weighted by Gasteiger charge is 2.20. The van der Waals surface area contributed by atoms with Crippen LogP contribution in [0, 0.1) is 0 Å². The maximum atomic E-state index is 6.45. The molecule has 11 aromatic rings. The van der Waals surface area contributed by atoms with Crippen molar-refractivity contribution >= 4 is 103 Å². The third-order valence-electron chi connectivity index (χ3n) is 10.4. The van der Waals surface area contributed by atoms with Gasteiger partial charge in [0.1, 0.15) is 11.2 Å². The Morgan fingerprint density at radius 1 is 0.392 bits per heavy atom. The lowest BCUT2D eigenvalue weighted by Crippen LogP contribution is -2.10. The lowest BCUT2D eigenvalue weighted by molar-refractivity contribution is 0.669. The van der Waals surface area contributed by atoms with Crippen LogP contribution < -0.4 is 4.90 Å². The van der Waals surface area contributed by atoms with E-state index in [4.69, 9.17) is 4.42 Å². The van der Waals surface area contributed by atoms with Gasteiger partial charge in [0.2, 0.25) is 0 Å². The highest BCUT2D eigenvalue weighted by atomic mass is 32.1. The molecule has 0 bridgehead atoms. The van der Waals surface area contributed by atoms with Crippen LogP contribution in [0.5, 0.6) is 0 Å². The van der Waals surface area contributed by atoms with Gasteiger partial charge in [-0.1, -0.05) is 121 Å². The van der Waals surface area contributed by atoms with Crippen molar-refractivity contribution in [3.05, 3.63) is 176 Å². The SMILES string of the molecule is c1cc(-c2cc3ccccc3c3ccccc23)cc(N(c2ccc3c(c2)oc2ccccc23)c2cccc3c2ccc2c4ccccc4sc32)c1. The van der Waals surface area contributed by atoms with Gasteiger partial charge in [-0.15, -0.1) is 11.3 Å². The van der Waals surface area contributed by atoms with E-state index < -0.39 is 0 Å². The Balaban J connectivity index is 1.17. The standard InChI is InChI=1S/C48H29NOS/c1-2-14-34-31(11-1)28-43(36-16-4-3-15-35(34)36)30-12-9-13-32(27-30)49(33-23-24-39-38-17-5-7-21-45(38)50-46(39)29-33)44-20-10-19-41-37(44)25-26-42-40-18-6-8-22-47(40)51-48(41)42/h1-29H. The van der Waals surface area contributed by atoms with Crippen molar-refractivity contribution in [2.24, 2.45) is 0 Å². The summed E-state index contributed by atoms with van der Waals surface area (Å²) in [5, 5.41) is 12.4. The van der Waals surface area contributed by atoms with Crippen LogP contribution in [-0.2, 0) is 0 Å². The molecule has 11 rings (SSSR count). The summed E-state index contributed by atoms with van der Waals surface area (Å²) in [7, 11) is 0. The number of furan rings is 1. The van der Waals surface area contributed by atoms with Crippen molar-refractivity contribution in [2.45, 2.75) is 0 Å². The molecule has 3 heteroatoms. The van der Waals surface area contributed by atoms with Crippen LogP contribution in [0.1, 0.15) is 0 Å². The summed E-state index contributed by atoms with van der Waals surface area (Å²) in [4.78, 5) is 2.40. The fourth-order valence-electron chi connectivity index (χ4n) is 8.11. The van der Waals surface area contributed by atoms with Crippen LogP contribution in [0.4, 0.5) is 17.1 Å². The summed E-state index contributed by atoms with van der Waals surface area (Å²) in [6.07, 6.45) is 0. The number of rotatable bonds is 4. The largest absolute Gasteiger partial charge is 0.456 e. The van der Waals surface area contributed by atoms with Crippen LogP contribution in [0.15, 0.2) is 180 Å². The number of thiophene rings is 1. The highest BCUT2D eigenvalue weighted by molar-refractivity contribution is 7.26. The quantitative estimate of drug-likeness (QED) is 0.174. The number of benzene rings is 9. The molecule has 51 heavy (non-hydrogen) atoms. The minimum atomic E-state index is 0.877. The summed E-state index contributed by atoms with van der Waals surface area (Å²) in [5.41, 5.74) is 7.44. The van der Waals surface area contributed by atoms with E-state index in [-0.39, 0.29) is 0 Å². The lowest BCUT2D eigenvalue weighted by atomic mass is 9.93. The van der Waals surface area contributed by atoms with Gasteiger partial charge in [-0.3, -0.25) is 0 Å². The Bertz CT molecular complexity index is 3170. The van der Waals surface area contributed by atoms with Crippen molar-refractivity contribution in [1.29, 1.82) is 0 Å². The Morgan fingerprint density at radius 3 is 1.96 bits per heavy atom. The molecule has 0 spiro atoms. The molecule has 0 atom stereocenters. The average Bonchev–Trinajstić information content (AvgIpc) is 3.76. The number of anilines is 3. The summed E-state index contributed by atoms with van der Waals surface area (Å²) in [6.45, 7) is 0. The lowest BCUT2D eigenvalue weighted by Gasteiger charge is -2.27. The molecule has 2 aromatic heterocycles. The summed E-state index contributed by atoms with van der Waals surface area (Å²) in [5.74, 6) is 0. The number of nitrogens with zero attached hydrogens (tertiary/aromatic N) is 1. The van der Waals surface area contributed by atoms with Gasteiger partial charge in [0.15, 0.2) is 0 Å². The van der Waals surface area contributed by atoms with E-state index >= 15 is 0 Å². The fraction of sp³-hybridized carbons (Fsp3) is 0. The van der Waals surface area contributed by atoms with Crippen molar-refractivity contribution in [3.8, 4) is 11.1 Å². The zero-order valence-electron chi connectivity index (χ0n) is 27.5. The second-order valence-corrected chi connectivity index (χ2v) is 14.3. The van der Waals surface area contributed by atoms with Crippen LogP contribution >= 0.6 is 11.3 Å². The Morgan fingerprint density at radius 2 is 1.04 bits per heavy atom. The molecule has 0 saturated carbocycles. The Kier molecular flexibility index (Phi) is 6.16. The van der Waals surface area contributed by atoms with E-state index in [0.29, 0.717) is 0 Å². The van der Waals surface area contributed by atoms with Gasteiger partial charge < -0.3 is 9.32 Å². The van der Waals surface area contributed by atoms with E-state index in [0.717, 1.165) is 39.0 Å². The summed E-state index contributed by atoms with van der Waals surface area (Å²) < 4.78 is 9.08. The van der Waals surface area contributed by atoms with Gasteiger partial charge in [-0.25, -0.2) is 0 Å². The third kappa shape index (κ3) is 4.35. The van der Waals surface area contributed by atoms with E-state index in [1.165, 1.54) is 63.6 Å². The average molecular weight is 668 g/mol. The van der Waals surface area contributed by atoms with Crippen LogP contribution in [-0.4, -0.2) is 0 Å². The van der Waals surface area contributed by atoms with E-state index in [1.807, 2.05) is 23.5 Å². The molecule has 0 unspecified atom stereocenters. The number of fused-ring (bicyclic) bond motifs is 11. The Labute approximate surface area is 298 Å². The van der Waals surface area contributed by atoms with Gasteiger partial charge >= 0.3 is 0 Å². The maximum Gasteiger partial charge on any atom is 0.137 e. The molecule has 2 heterocycles. The van der Waals surface area contributed by atoms with Gasteiger partial charge in [0.05, 0.1) is 5.69 Å². The highest BCUT2D eigenvalue weighted by Crippen LogP contribution is 2.46. The first kappa shape index (κ1) is 28.4. The normalized spacial score (nSPS) is 11.9. The third-order valence-corrected chi connectivity index (χ3v) is 11.6. The first-order valence-electron chi connectivity index (χ1n) is 17.3. The maximum absolute atomic E-state index is 6.45. The fourth-order valence-corrected chi connectivity index (χ4v) is 9.34. The van der Waals surface area contributed by atoms with Gasteiger partial charge in [0, 0.05) is 59.2 Å². The molecule has 2 nitrogen and oxygen atoms in total. The van der Waals surface area contributed by atoms with Crippen LogP contribution in [0.3, 0.4) is 0 Å². The topological polar surface area (TPSA) is 16.4 Å². The van der Waals surface area contributed by atoms with Crippen molar-refractivity contribution in [1.82, 2.24) is 0 Å². The summed E-state index contributed by atoms with van der Waals surface area (Å²) in [6, 6.07) is 63.8. The first-order valence-corrected chi connectivity index (χ1v) is 18.2. The van der Waals surface area contributed by atoms with Gasteiger partial charge in [-0.05, 0) is 81.2 Å². The van der Waals surface area contributed by atoms with Crippen LogP contribution in [0.25, 0.3) is 85.6 Å². The molecule has 0 fully saturated rings. The zero-order valence-corrected chi connectivity index (χ0v) is 28.3. The minimum Gasteiger partial charge on any atom is -0.456 e. The smallest absolute Gasteiger partial charge is 0.137 e. The molecule has 0 aliphatic carbocycles. The predicted molar refractivity (Wildman–Crippen MR) is 219 cm³/mol. The monoisotopic (exact) mass is 667 g/mol. The molecule has 238 valence electrons. The van der Waals surface area contributed by atoms with E-state index in [9.17, 15) is 0 Å². The molecule has 0 aliphatic rings. The molecular weight excluding hydrogens is 639 g/mol. The molecule has 0 amide bonds. The number of hydrogen-bond donors (Lipinski definition) is 0. The molecular formula is C48H29NOS. The van der Waals surface area contributed by atoms with Gasteiger partial charge in [0.25, 0.3) is 0 Å². The van der Waals surface area contributed by atoms with Crippen molar-refractivity contribution in [2.75, 3.05) is 4.90 Å². The minimum absolute atomic E-state index is 0.877. The van der Waals surface area contributed by atoms with E-state index in [2.05, 4.69) is 169 Å². The second kappa shape index (κ2) is 11.0. The molecule has 0 aliphatic heterocycles. The number of para-hydroxylation sites is 1. The van der Waals surface area contributed by atoms with Crippen LogP contribution in [0.2, 0.25) is 0 Å². The van der Waals surface area contributed by atoms with Crippen molar-refractivity contribution in [3.63, 3.8) is 0 Å². The van der Waals surface area contributed by atoms with Gasteiger partial charge in [-0.2, -0.15) is 0 Å². The zero-order chi connectivity index (χ0) is 33.5. The Hall–Kier alpha value is -6.42.